The van der Waals surface area contributed by atoms with Crippen LogP contribution in [0, 0.1) is 0 Å². The van der Waals surface area contributed by atoms with Gasteiger partial charge in [-0.1, -0.05) is 24.3 Å². The summed E-state index contributed by atoms with van der Waals surface area (Å²) in [5, 5.41) is 6.15. The summed E-state index contributed by atoms with van der Waals surface area (Å²) in [5.41, 5.74) is 2.37. The molecule has 1 aliphatic carbocycles. The number of amides is 1. The average Bonchev–Trinajstić information content (AvgIpc) is 3.21. The summed E-state index contributed by atoms with van der Waals surface area (Å²) >= 11 is 0. The summed E-state index contributed by atoms with van der Waals surface area (Å²) < 4.78 is 5.44. The van der Waals surface area contributed by atoms with Crippen LogP contribution in [0.1, 0.15) is 30.9 Å². The summed E-state index contributed by atoms with van der Waals surface area (Å²) in [6.45, 7) is 4.40. The Bertz CT molecular complexity index is 416. The van der Waals surface area contributed by atoms with Gasteiger partial charge in [0.25, 0.3) is 0 Å². The number of benzene rings is 1. The molecule has 1 saturated carbocycles. The van der Waals surface area contributed by atoms with E-state index >= 15 is 0 Å². The van der Waals surface area contributed by atoms with E-state index in [0.29, 0.717) is 32.3 Å². The molecular formula is C15H22N2O2. The standard InChI is InChI=1S/C15H22N2O2/c1-2-19-11-13-6-4-3-5-12(13)9-16-10-15(18)17-14-7-8-14/h3-6,14,16H,2,7-11H2,1H3,(H,17,18). The molecule has 1 aliphatic rings. The second-order valence-corrected chi connectivity index (χ2v) is 4.85. The lowest BCUT2D eigenvalue weighted by Gasteiger charge is -2.10. The first-order chi connectivity index (χ1) is 9.29. The van der Waals surface area contributed by atoms with Gasteiger partial charge in [0.05, 0.1) is 13.2 Å². The van der Waals surface area contributed by atoms with Crippen molar-refractivity contribution in [2.45, 2.75) is 39.0 Å². The van der Waals surface area contributed by atoms with E-state index in [4.69, 9.17) is 4.74 Å². The van der Waals surface area contributed by atoms with E-state index < -0.39 is 0 Å². The third kappa shape index (κ3) is 5.01. The fraction of sp³-hybridized carbons (Fsp3) is 0.533. The molecule has 2 N–H and O–H groups in total. The zero-order valence-electron chi connectivity index (χ0n) is 11.4. The topological polar surface area (TPSA) is 50.4 Å². The molecule has 1 aromatic rings. The molecule has 0 aromatic heterocycles. The van der Waals surface area contributed by atoms with Crippen molar-refractivity contribution >= 4 is 5.91 Å². The van der Waals surface area contributed by atoms with Gasteiger partial charge in [-0.2, -0.15) is 0 Å². The fourth-order valence-corrected chi connectivity index (χ4v) is 1.90. The van der Waals surface area contributed by atoms with Crippen LogP contribution in [0.3, 0.4) is 0 Å². The zero-order chi connectivity index (χ0) is 13.5. The number of carbonyl (C=O) groups is 1. The minimum Gasteiger partial charge on any atom is -0.377 e. The molecule has 19 heavy (non-hydrogen) atoms. The Labute approximate surface area is 114 Å². The summed E-state index contributed by atoms with van der Waals surface area (Å²) in [4.78, 5) is 11.5. The molecule has 0 saturated heterocycles. The van der Waals surface area contributed by atoms with Gasteiger partial charge in [-0.05, 0) is 30.9 Å². The van der Waals surface area contributed by atoms with Crippen molar-refractivity contribution in [3.05, 3.63) is 35.4 Å². The maximum Gasteiger partial charge on any atom is 0.234 e. The molecule has 0 radical (unpaired) electrons. The molecule has 0 aliphatic heterocycles. The number of nitrogens with one attached hydrogen (secondary N) is 2. The van der Waals surface area contributed by atoms with E-state index in [2.05, 4.69) is 22.8 Å². The summed E-state index contributed by atoms with van der Waals surface area (Å²) in [6, 6.07) is 8.59. The van der Waals surface area contributed by atoms with Gasteiger partial charge in [0.1, 0.15) is 0 Å². The molecule has 1 fully saturated rings. The van der Waals surface area contributed by atoms with Crippen molar-refractivity contribution in [3.8, 4) is 0 Å². The van der Waals surface area contributed by atoms with Crippen LogP contribution in [0.4, 0.5) is 0 Å². The fourth-order valence-electron chi connectivity index (χ4n) is 1.90. The van der Waals surface area contributed by atoms with E-state index in [-0.39, 0.29) is 5.91 Å². The lowest BCUT2D eigenvalue weighted by molar-refractivity contribution is -0.120. The Morgan fingerprint density at radius 3 is 2.74 bits per heavy atom. The number of hydrogen-bond donors (Lipinski definition) is 2. The molecule has 4 heteroatoms. The number of rotatable bonds is 8. The highest BCUT2D eigenvalue weighted by Crippen LogP contribution is 2.18. The normalized spacial score (nSPS) is 14.4. The minimum atomic E-state index is 0.0878. The first-order valence-electron chi connectivity index (χ1n) is 6.94. The Morgan fingerprint density at radius 2 is 2.05 bits per heavy atom. The van der Waals surface area contributed by atoms with Crippen LogP contribution in [0.25, 0.3) is 0 Å². The molecule has 0 unspecified atom stereocenters. The summed E-state index contributed by atoms with van der Waals surface area (Å²) in [6.07, 6.45) is 2.26. The lowest BCUT2D eigenvalue weighted by Crippen LogP contribution is -2.34. The quantitative estimate of drug-likeness (QED) is 0.748. The van der Waals surface area contributed by atoms with Gasteiger partial charge >= 0.3 is 0 Å². The third-order valence-electron chi connectivity index (χ3n) is 3.12. The number of ether oxygens (including phenoxy) is 1. The predicted molar refractivity (Wildman–Crippen MR) is 74.6 cm³/mol. The Hall–Kier alpha value is -1.39. The van der Waals surface area contributed by atoms with E-state index in [0.717, 1.165) is 12.8 Å². The number of hydrogen-bond acceptors (Lipinski definition) is 3. The van der Waals surface area contributed by atoms with Gasteiger partial charge in [0.2, 0.25) is 5.91 Å². The second-order valence-electron chi connectivity index (χ2n) is 4.85. The Morgan fingerprint density at radius 1 is 1.32 bits per heavy atom. The molecule has 0 spiro atoms. The van der Waals surface area contributed by atoms with E-state index in [1.165, 1.54) is 11.1 Å². The van der Waals surface area contributed by atoms with Crippen LogP contribution < -0.4 is 10.6 Å². The van der Waals surface area contributed by atoms with Gasteiger partial charge < -0.3 is 15.4 Å². The lowest BCUT2D eigenvalue weighted by atomic mass is 10.1. The predicted octanol–water partition coefficient (Wildman–Crippen LogP) is 1.59. The van der Waals surface area contributed by atoms with Crippen LogP contribution in [0.15, 0.2) is 24.3 Å². The maximum absolute atomic E-state index is 11.5. The second kappa shape index (κ2) is 7.26. The summed E-state index contributed by atoms with van der Waals surface area (Å²) in [5.74, 6) is 0.0878. The van der Waals surface area contributed by atoms with Gasteiger partial charge in [0.15, 0.2) is 0 Å². The first-order valence-corrected chi connectivity index (χ1v) is 6.94. The molecule has 2 rings (SSSR count). The smallest absolute Gasteiger partial charge is 0.234 e. The third-order valence-corrected chi connectivity index (χ3v) is 3.12. The van der Waals surface area contributed by atoms with E-state index in [1.807, 2.05) is 19.1 Å². The average molecular weight is 262 g/mol. The molecule has 104 valence electrons. The minimum absolute atomic E-state index is 0.0878. The molecular weight excluding hydrogens is 240 g/mol. The van der Waals surface area contributed by atoms with Crippen molar-refractivity contribution in [1.82, 2.24) is 10.6 Å². The zero-order valence-corrected chi connectivity index (χ0v) is 11.4. The Kier molecular flexibility index (Phi) is 5.36. The van der Waals surface area contributed by atoms with Crippen LogP contribution >= 0.6 is 0 Å². The van der Waals surface area contributed by atoms with Gasteiger partial charge in [-0.3, -0.25) is 4.79 Å². The molecule has 0 bridgehead atoms. The summed E-state index contributed by atoms with van der Waals surface area (Å²) in [7, 11) is 0. The molecule has 4 nitrogen and oxygen atoms in total. The van der Waals surface area contributed by atoms with Gasteiger partial charge in [0, 0.05) is 19.2 Å². The van der Waals surface area contributed by atoms with E-state index in [1.54, 1.807) is 0 Å². The van der Waals surface area contributed by atoms with Crippen molar-refractivity contribution < 1.29 is 9.53 Å². The van der Waals surface area contributed by atoms with Crippen molar-refractivity contribution in [1.29, 1.82) is 0 Å². The largest absolute Gasteiger partial charge is 0.377 e. The van der Waals surface area contributed by atoms with Crippen LogP contribution in [-0.4, -0.2) is 25.1 Å². The first kappa shape index (κ1) is 14.0. The molecule has 1 aromatic carbocycles. The molecule has 0 atom stereocenters. The van der Waals surface area contributed by atoms with Gasteiger partial charge in [-0.15, -0.1) is 0 Å². The maximum atomic E-state index is 11.5. The van der Waals surface area contributed by atoms with Crippen LogP contribution in [-0.2, 0) is 22.7 Å². The van der Waals surface area contributed by atoms with Crippen LogP contribution in [0.5, 0.6) is 0 Å². The highest BCUT2D eigenvalue weighted by molar-refractivity contribution is 5.78. The highest BCUT2D eigenvalue weighted by atomic mass is 16.5. The SMILES string of the molecule is CCOCc1ccccc1CNCC(=O)NC1CC1. The van der Waals surface area contributed by atoms with Gasteiger partial charge in [-0.25, -0.2) is 0 Å². The number of carbonyl (C=O) groups excluding carboxylic acids is 1. The molecule has 1 amide bonds. The van der Waals surface area contributed by atoms with Crippen molar-refractivity contribution in [2.24, 2.45) is 0 Å². The van der Waals surface area contributed by atoms with Crippen molar-refractivity contribution in [2.75, 3.05) is 13.2 Å². The monoisotopic (exact) mass is 262 g/mol. The van der Waals surface area contributed by atoms with E-state index in [9.17, 15) is 4.79 Å². The highest BCUT2D eigenvalue weighted by Gasteiger charge is 2.22. The van der Waals surface area contributed by atoms with Crippen LogP contribution in [0.2, 0.25) is 0 Å². The molecule has 0 heterocycles. The Balaban J connectivity index is 1.76. The van der Waals surface area contributed by atoms with Crippen molar-refractivity contribution in [3.63, 3.8) is 0 Å².